The van der Waals surface area contributed by atoms with E-state index in [9.17, 15) is 4.79 Å². The fourth-order valence-electron chi connectivity index (χ4n) is 2.79. The molecule has 164 valence electrons. The van der Waals surface area contributed by atoms with Crippen LogP contribution in [-0.2, 0) is 11.2 Å². The Morgan fingerprint density at radius 3 is 2.48 bits per heavy atom. The lowest BCUT2D eigenvalue weighted by atomic mass is 10.2. The van der Waals surface area contributed by atoms with Gasteiger partial charge in [-0.1, -0.05) is 17.7 Å². The van der Waals surface area contributed by atoms with Crippen LogP contribution in [0.4, 0.5) is 23.4 Å². The first-order chi connectivity index (χ1) is 14.8. The maximum Gasteiger partial charge on any atom is 0.233 e. The van der Waals surface area contributed by atoms with Crippen molar-refractivity contribution in [1.29, 1.82) is 0 Å². The van der Waals surface area contributed by atoms with Crippen LogP contribution in [0.3, 0.4) is 0 Å². The topological polar surface area (TPSA) is 115 Å². The molecular formula is C21H29N9O. The Morgan fingerprint density at radius 1 is 1.03 bits per heavy atom. The van der Waals surface area contributed by atoms with E-state index in [4.69, 9.17) is 0 Å². The largest absolute Gasteiger partial charge is 0.342 e. The molecule has 0 saturated heterocycles. The highest BCUT2D eigenvalue weighted by molar-refractivity contribution is 5.92. The summed E-state index contributed by atoms with van der Waals surface area (Å²) in [7, 11) is 5.99. The Balaban J connectivity index is 1.61. The number of likely N-dealkylation sites (N-methyl/N-ethyl adjacent to an activating group) is 2. The number of anilines is 4. The fraction of sp³-hybridized carbons (Fsp3) is 0.381. The van der Waals surface area contributed by atoms with Crippen LogP contribution < -0.4 is 15.5 Å². The highest BCUT2D eigenvalue weighted by Crippen LogP contribution is 2.15. The normalized spacial score (nSPS) is 10.9. The molecule has 1 amide bonds. The maximum atomic E-state index is 12.3. The third-order valence-electron chi connectivity index (χ3n) is 4.52. The zero-order valence-electron chi connectivity index (χ0n) is 18.6. The second kappa shape index (κ2) is 9.98. The highest BCUT2D eigenvalue weighted by Gasteiger charge is 2.12. The van der Waals surface area contributed by atoms with E-state index in [0.29, 0.717) is 29.2 Å². The van der Waals surface area contributed by atoms with Crippen LogP contribution in [0.15, 0.2) is 30.3 Å². The minimum absolute atomic E-state index is 0.125. The van der Waals surface area contributed by atoms with Crippen molar-refractivity contribution in [3.05, 3.63) is 47.4 Å². The minimum atomic E-state index is -0.125. The van der Waals surface area contributed by atoms with Crippen LogP contribution in [0.1, 0.15) is 17.1 Å². The minimum Gasteiger partial charge on any atom is -0.342 e. The van der Waals surface area contributed by atoms with Crippen molar-refractivity contribution in [2.24, 2.45) is 0 Å². The van der Waals surface area contributed by atoms with Gasteiger partial charge in [0.05, 0.1) is 6.42 Å². The number of benzene rings is 1. The van der Waals surface area contributed by atoms with Crippen molar-refractivity contribution in [2.75, 3.05) is 49.8 Å². The van der Waals surface area contributed by atoms with Gasteiger partial charge in [-0.25, -0.2) is 0 Å². The molecular weight excluding hydrogens is 394 g/mol. The summed E-state index contributed by atoms with van der Waals surface area (Å²) in [6.07, 6.45) is 0.178. The zero-order chi connectivity index (χ0) is 22.4. The zero-order valence-corrected chi connectivity index (χ0v) is 18.6. The number of aryl methyl sites for hydroxylation is 2. The Kier molecular flexibility index (Phi) is 7.14. The van der Waals surface area contributed by atoms with E-state index in [1.54, 1.807) is 6.07 Å². The smallest absolute Gasteiger partial charge is 0.233 e. The molecule has 0 fully saturated rings. The lowest BCUT2D eigenvalue weighted by Gasteiger charge is -2.20. The highest BCUT2D eigenvalue weighted by atomic mass is 16.1. The summed E-state index contributed by atoms with van der Waals surface area (Å²) in [6.45, 7) is 5.50. The monoisotopic (exact) mass is 423 g/mol. The van der Waals surface area contributed by atoms with Crippen LogP contribution >= 0.6 is 0 Å². The van der Waals surface area contributed by atoms with Gasteiger partial charge in [0.15, 0.2) is 5.82 Å². The van der Waals surface area contributed by atoms with Crippen LogP contribution in [0.5, 0.6) is 0 Å². The number of amides is 1. The number of nitrogens with zero attached hydrogens (tertiary/aromatic N) is 6. The van der Waals surface area contributed by atoms with Gasteiger partial charge in [0.2, 0.25) is 17.8 Å². The predicted molar refractivity (Wildman–Crippen MR) is 122 cm³/mol. The first-order valence-corrected chi connectivity index (χ1v) is 10.0. The van der Waals surface area contributed by atoms with Gasteiger partial charge in [0.1, 0.15) is 5.82 Å². The van der Waals surface area contributed by atoms with Crippen molar-refractivity contribution in [2.45, 2.75) is 20.3 Å². The summed E-state index contributed by atoms with van der Waals surface area (Å²) in [5.41, 5.74) is 2.59. The third-order valence-corrected chi connectivity index (χ3v) is 4.52. The molecule has 0 aliphatic heterocycles. The summed E-state index contributed by atoms with van der Waals surface area (Å²) >= 11 is 0. The van der Waals surface area contributed by atoms with Crippen LogP contribution in [0.25, 0.3) is 0 Å². The van der Waals surface area contributed by atoms with E-state index in [1.807, 2.05) is 64.2 Å². The SMILES string of the molecule is Cc1ccc(NC(=O)Cc2cc(Nc3nc(C)nc(N(C)CCN(C)C)n3)n[nH]2)cc1. The number of aromatic amines is 1. The van der Waals surface area contributed by atoms with Gasteiger partial charge in [0, 0.05) is 37.6 Å². The average Bonchev–Trinajstić information content (AvgIpc) is 3.13. The standard InChI is InChI=1S/C21H29N9O/c1-14-6-8-16(9-7-14)24-19(31)13-17-12-18(28-27-17)25-20-22-15(2)23-21(26-20)30(5)11-10-29(3)4/h6-9,12H,10-11,13H2,1-5H3,(H,24,31)(H2,22,23,25,26,27,28). The van der Waals surface area contributed by atoms with Gasteiger partial charge < -0.3 is 20.4 Å². The molecule has 0 saturated carbocycles. The number of rotatable bonds is 9. The Morgan fingerprint density at radius 2 is 1.77 bits per heavy atom. The van der Waals surface area contributed by atoms with Gasteiger partial charge in [-0.3, -0.25) is 9.89 Å². The van der Waals surface area contributed by atoms with Gasteiger partial charge >= 0.3 is 0 Å². The quantitative estimate of drug-likeness (QED) is 0.479. The lowest BCUT2D eigenvalue weighted by molar-refractivity contribution is -0.115. The molecule has 0 unspecified atom stereocenters. The van der Waals surface area contributed by atoms with E-state index in [0.717, 1.165) is 24.3 Å². The fourth-order valence-corrected chi connectivity index (χ4v) is 2.79. The number of hydrogen-bond acceptors (Lipinski definition) is 8. The van der Waals surface area contributed by atoms with Gasteiger partial charge in [-0.05, 0) is 40.1 Å². The lowest BCUT2D eigenvalue weighted by Crippen LogP contribution is -2.30. The van der Waals surface area contributed by atoms with E-state index in [1.165, 1.54) is 0 Å². The van der Waals surface area contributed by atoms with Crippen molar-refractivity contribution in [3.8, 4) is 0 Å². The number of carbonyl (C=O) groups is 1. The maximum absolute atomic E-state index is 12.3. The Bertz CT molecular complexity index is 1010. The second-order valence-corrected chi connectivity index (χ2v) is 7.73. The summed E-state index contributed by atoms with van der Waals surface area (Å²) < 4.78 is 0. The molecule has 10 nitrogen and oxygen atoms in total. The molecule has 1 aromatic carbocycles. The summed E-state index contributed by atoms with van der Waals surface area (Å²) in [4.78, 5) is 29.6. The molecule has 2 heterocycles. The number of carbonyl (C=O) groups excluding carboxylic acids is 1. The second-order valence-electron chi connectivity index (χ2n) is 7.73. The summed E-state index contributed by atoms with van der Waals surface area (Å²) in [6, 6.07) is 9.43. The molecule has 3 N–H and O–H groups in total. The molecule has 0 bridgehead atoms. The van der Waals surface area contributed by atoms with E-state index < -0.39 is 0 Å². The Hall–Kier alpha value is -3.53. The van der Waals surface area contributed by atoms with Crippen molar-refractivity contribution in [1.82, 2.24) is 30.0 Å². The van der Waals surface area contributed by atoms with Crippen molar-refractivity contribution < 1.29 is 4.79 Å². The van der Waals surface area contributed by atoms with Gasteiger partial charge in [-0.2, -0.15) is 20.1 Å². The van der Waals surface area contributed by atoms with Crippen LogP contribution in [0, 0.1) is 13.8 Å². The number of hydrogen-bond donors (Lipinski definition) is 3. The molecule has 0 spiro atoms. The molecule has 10 heteroatoms. The molecule has 0 aliphatic carbocycles. The van der Waals surface area contributed by atoms with Crippen LogP contribution in [0.2, 0.25) is 0 Å². The summed E-state index contributed by atoms with van der Waals surface area (Å²) in [5, 5.41) is 13.0. The van der Waals surface area contributed by atoms with Gasteiger partial charge in [0.25, 0.3) is 0 Å². The average molecular weight is 424 g/mol. The number of H-pyrrole nitrogens is 1. The molecule has 2 aromatic heterocycles. The first kappa shape index (κ1) is 22.2. The third kappa shape index (κ3) is 6.75. The van der Waals surface area contributed by atoms with Gasteiger partial charge in [-0.15, -0.1) is 0 Å². The Labute approximate surface area is 182 Å². The number of aromatic nitrogens is 5. The molecule has 31 heavy (non-hydrogen) atoms. The number of nitrogens with one attached hydrogen (secondary N) is 3. The molecule has 0 aliphatic rings. The molecule has 0 radical (unpaired) electrons. The molecule has 3 rings (SSSR count). The molecule has 3 aromatic rings. The summed E-state index contributed by atoms with van der Waals surface area (Å²) in [5.74, 6) is 2.01. The van der Waals surface area contributed by atoms with E-state index in [-0.39, 0.29) is 12.3 Å². The van der Waals surface area contributed by atoms with E-state index >= 15 is 0 Å². The van der Waals surface area contributed by atoms with E-state index in [2.05, 4.69) is 40.7 Å². The predicted octanol–water partition coefficient (Wildman–Crippen LogP) is 2.13. The first-order valence-electron chi connectivity index (χ1n) is 10.0. The van der Waals surface area contributed by atoms with Crippen molar-refractivity contribution in [3.63, 3.8) is 0 Å². The van der Waals surface area contributed by atoms with Crippen molar-refractivity contribution >= 4 is 29.3 Å². The molecule has 0 atom stereocenters. The van der Waals surface area contributed by atoms with Crippen LogP contribution in [-0.4, -0.2) is 70.2 Å².